The zero-order valence-electron chi connectivity index (χ0n) is 15.7. The Bertz CT molecular complexity index is 1030. The summed E-state index contributed by atoms with van der Waals surface area (Å²) in [6.45, 7) is 2.94. The molecule has 28 heavy (non-hydrogen) atoms. The van der Waals surface area contributed by atoms with Crippen molar-refractivity contribution in [2.45, 2.75) is 18.7 Å². The van der Waals surface area contributed by atoms with Crippen LogP contribution in [0.2, 0.25) is 0 Å². The number of carbonyl (C=O) groups is 1. The van der Waals surface area contributed by atoms with Crippen LogP contribution in [0.3, 0.4) is 0 Å². The molecule has 0 bridgehead atoms. The maximum Gasteiger partial charge on any atom is 0.252 e. The molecule has 1 atom stereocenters. The van der Waals surface area contributed by atoms with E-state index in [-0.39, 0.29) is 11.9 Å². The summed E-state index contributed by atoms with van der Waals surface area (Å²) in [6.07, 6.45) is 0. The Balaban J connectivity index is 1.51. The van der Waals surface area contributed by atoms with Crippen LogP contribution in [0.15, 0.2) is 71.7 Å². The van der Waals surface area contributed by atoms with Crippen LogP contribution in [0.1, 0.15) is 34.5 Å². The van der Waals surface area contributed by atoms with E-state index in [1.165, 1.54) is 10.8 Å². The number of hydrogen-bond donors (Lipinski definition) is 1. The minimum atomic E-state index is -0.0749. The van der Waals surface area contributed by atoms with Gasteiger partial charge in [0, 0.05) is 17.1 Å². The van der Waals surface area contributed by atoms with E-state index in [0.717, 1.165) is 39.1 Å². The standard InChI is InChI=1S/C23H22N2OS2/c1-16(19-12-6-9-17-7-2-4-10-20(17)19)25-22(26)21-11-5-3-8-18(21)15-28-23-24-13-14-27-23/h2-12,16H,13-15H2,1H3,(H,25,26). The molecule has 0 aromatic heterocycles. The summed E-state index contributed by atoms with van der Waals surface area (Å²) in [7, 11) is 0. The van der Waals surface area contributed by atoms with E-state index in [1.54, 1.807) is 23.5 Å². The van der Waals surface area contributed by atoms with Gasteiger partial charge in [0.25, 0.3) is 5.91 Å². The maximum absolute atomic E-state index is 13.0. The van der Waals surface area contributed by atoms with Gasteiger partial charge in [0.1, 0.15) is 4.38 Å². The fraction of sp³-hybridized carbons (Fsp3) is 0.217. The van der Waals surface area contributed by atoms with Crippen molar-refractivity contribution in [3.8, 4) is 0 Å². The second kappa shape index (κ2) is 8.84. The molecule has 0 spiro atoms. The van der Waals surface area contributed by atoms with Gasteiger partial charge in [0.05, 0.1) is 12.6 Å². The van der Waals surface area contributed by atoms with Gasteiger partial charge < -0.3 is 5.32 Å². The van der Waals surface area contributed by atoms with Gasteiger partial charge >= 0.3 is 0 Å². The molecule has 3 nitrogen and oxygen atoms in total. The number of nitrogens with zero attached hydrogens (tertiary/aromatic N) is 1. The molecule has 0 saturated carbocycles. The molecule has 142 valence electrons. The van der Waals surface area contributed by atoms with E-state index in [1.807, 2.05) is 49.4 Å². The van der Waals surface area contributed by atoms with Gasteiger partial charge in [-0.2, -0.15) is 0 Å². The first-order valence-corrected chi connectivity index (χ1v) is 11.4. The molecule has 1 aliphatic heterocycles. The van der Waals surface area contributed by atoms with Crippen molar-refractivity contribution in [1.29, 1.82) is 0 Å². The van der Waals surface area contributed by atoms with E-state index in [9.17, 15) is 4.79 Å². The average molecular weight is 407 g/mol. The van der Waals surface area contributed by atoms with Crippen molar-refractivity contribution < 1.29 is 4.79 Å². The van der Waals surface area contributed by atoms with Gasteiger partial charge in [0.15, 0.2) is 0 Å². The fourth-order valence-electron chi connectivity index (χ4n) is 3.39. The van der Waals surface area contributed by atoms with E-state index >= 15 is 0 Å². The SMILES string of the molecule is CC(NC(=O)c1ccccc1CSC1=NCCS1)c1cccc2ccccc12. The lowest BCUT2D eigenvalue weighted by molar-refractivity contribution is 0.0939. The molecular formula is C23H22N2OS2. The highest BCUT2D eigenvalue weighted by atomic mass is 32.2. The van der Waals surface area contributed by atoms with Crippen LogP contribution >= 0.6 is 23.5 Å². The summed E-state index contributed by atoms with van der Waals surface area (Å²) in [4.78, 5) is 17.5. The first-order chi connectivity index (χ1) is 13.7. The minimum absolute atomic E-state index is 0.0300. The van der Waals surface area contributed by atoms with E-state index in [0.29, 0.717) is 0 Å². The molecule has 0 aliphatic carbocycles. The molecule has 1 heterocycles. The zero-order valence-corrected chi connectivity index (χ0v) is 17.4. The Labute approximate surface area is 174 Å². The highest BCUT2D eigenvalue weighted by Gasteiger charge is 2.17. The molecule has 0 fully saturated rings. The molecular weight excluding hydrogens is 384 g/mol. The molecule has 5 heteroatoms. The smallest absolute Gasteiger partial charge is 0.252 e. The molecule has 0 radical (unpaired) electrons. The summed E-state index contributed by atoms with van der Waals surface area (Å²) in [5.74, 6) is 1.79. The number of carbonyl (C=O) groups excluding carboxylic acids is 1. The average Bonchev–Trinajstić information content (AvgIpc) is 3.25. The number of fused-ring (bicyclic) bond motifs is 1. The van der Waals surface area contributed by atoms with Gasteiger partial charge in [-0.05, 0) is 34.9 Å². The predicted molar refractivity (Wildman–Crippen MR) is 122 cm³/mol. The molecule has 3 aromatic carbocycles. The number of thioether (sulfide) groups is 2. The first kappa shape index (κ1) is 19.1. The van der Waals surface area contributed by atoms with E-state index in [2.05, 4.69) is 34.6 Å². The number of benzene rings is 3. The Kier molecular flexibility index (Phi) is 6.03. The second-order valence-electron chi connectivity index (χ2n) is 6.71. The highest BCUT2D eigenvalue weighted by Crippen LogP contribution is 2.27. The Morgan fingerprint density at radius 1 is 1.11 bits per heavy atom. The largest absolute Gasteiger partial charge is 0.345 e. The van der Waals surface area contributed by atoms with Crippen LogP contribution in [0, 0.1) is 0 Å². The Hall–Kier alpha value is -2.24. The van der Waals surface area contributed by atoms with E-state index < -0.39 is 0 Å². The molecule has 3 aromatic rings. The second-order valence-corrected chi connectivity index (χ2v) is 9.01. The van der Waals surface area contributed by atoms with Crippen molar-refractivity contribution in [2.24, 2.45) is 4.99 Å². The predicted octanol–water partition coefficient (Wildman–Crippen LogP) is 5.67. The van der Waals surface area contributed by atoms with E-state index in [4.69, 9.17) is 0 Å². The molecule has 1 aliphatic rings. The molecule has 1 N–H and O–H groups in total. The number of aliphatic imine (C=N–C) groups is 1. The lowest BCUT2D eigenvalue weighted by atomic mass is 9.99. The topological polar surface area (TPSA) is 41.5 Å². The lowest BCUT2D eigenvalue weighted by Crippen LogP contribution is -2.27. The van der Waals surface area contributed by atoms with Gasteiger partial charge in [-0.1, -0.05) is 84.2 Å². The van der Waals surface area contributed by atoms with Crippen molar-refractivity contribution in [3.05, 3.63) is 83.4 Å². The highest BCUT2D eigenvalue weighted by molar-refractivity contribution is 8.38. The number of rotatable bonds is 5. The monoisotopic (exact) mass is 406 g/mol. The van der Waals surface area contributed by atoms with Crippen LogP contribution in [0.25, 0.3) is 10.8 Å². The third-order valence-electron chi connectivity index (χ3n) is 4.81. The van der Waals surface area contributed by atoms with Gasteiger partial charge in [0.2, 0.25) is 0 Å². The number of nitrogens with one attached hydrogen (secondary N) is 1. The van der Waals surface area contributed by atoms with Crippen LogP contribution in [-0.4, -0.2) is 22.6 Å². The third kappa shape index (κ3) is 4.26. The minimum Gasteiger partial charge on any atom is -0.345 e. The van der Waals surface area contributed by atoms with Crippen LogP contribution in [-0.2, 0) is 5.75 Å². The van der Waals surface area contributed by atoms with Crippen molar-refractivity contribution in [2.75, 3.05) is 12.3 Å². The van der Waals surface area contributed by atoms with Crippen molar-refractivity contribution >= 4 is 44.6 Å². The zero-order chi connectivity index (χ0) is 19.3. The Morgan fingerprint density at radius 3 is 2.75 bits per heavy atom. The van der Waals surface area contributed by atoms with Crippen LogP contribution < -0.4 is 5.32 Å². The van der Waals surface area contributed by atoms with Crippen LogP contribution in [0.5, 0.6) is 0 Å². The third-order valence-corrected chi connectivity index (χ3v) is 7.11. The first-order valence-electron chi connectivity index (χ1n) is 9.39. The molecule has 1 amide bonds. The number of amides is 1. The summed E-state index contributed by atoms with van der Waals surface area (Å²) in [5, 5.41) is 5.56. The summed E-state index contributed by atoms with van der Waals surface area (Å²) in [5.41, 5.74) is 2.92. The molecule has 1 unspecified atom stereocenters. The van der Waals surface area contributed by atoms with Crippen LogP contribution in [0.4, 0.5) is 0 Å². The summed E-state index contributed by atoms with van der Waals surface area (Å²) < 4.78 is 1.12. The van der Waals surface area contributed by atoms with Gasteiger partial charge in [-0.15, -0.1) is 0 Å². The lowest BCUT2D eigenvalue weighted by Gasteiger charge is -2.18. The number of hydrogen-bond acceptors (Lipinski definition) is 4. The molecule has 4 rings (SSSR count). The van der Waals surface area contributed by atoms with Crippen molar-refractivity contribution in [1.82, 2.24) is 5.32 Å². The molecule has 0 saturated heterocycles. The quantitative estimate of drug-likeness (QED) is 0.594. The van der Waals surface area contributed by atoms with Crippen molar-refractivity contribution in [3.63, 3.8) is 0 Å². The van der Waals surface area contributed by atoms with Gasteiger partial charge in [-0.25, -0.2) is 0 Å². The summed E-state index contributed by atoms with van der Waals surface area (Å²) >= 11 is 3.52. The maximum atomic E-state index is 13.0. The Morgan fingerprint density at radius 2 is 1.89 bits per heavy atom. The van der Waals surface area contributed by atoms with Gasteiger partial charge in [-0.3, -0.25) is 9.79 Å². The normalized spacial score (nSPS) is 14.7. The summed E-state index contributed by atoms with van der Waals surface area (Å²) in [6, 6.07) is 22.3. The fourth-order valence-corrected chi connectivity index (χ4v) is 5.40.